The van der Waals surface area contributed by atoms with Crippen LogP contribution in [0.1, 0.15) is 47.7 Å². The summed E-state index contributed by atoms with van der Waals surface area (Å²) in [5.41, 5.74) is 1.22. The fourth-order valence-corrected chi connectivity index (χ4v) is 2.74. The van der Waals surface area contributed by atoms with Gasteiger partial charge in [0.1, 0.15) is 11.3 Å². The minimum Gasteiger partial charge on any atom is -0.477 e. The summed E-state index contributed by atoms with van der Waals surface area (Å²) in [6, 6.07) is 0. The largest absolute Gasteiger partial charge is 0.477 e. The molecule has 2 aromatic rings. The third kappa shape index (κ3) is 1.93. The van der Waals surface area contributed by atoms with Crippen LogP contribution in [0.15, 0.2) is 17.0 Å². The number of carboxylic acid groups (broad SMARTS) is 1. The number of aryl methyl sites for hydroxylation is 1. The highest BCUT2D eigenvalue weighted by atomic mass is 16.5. The highest BCUT2D eigenvalue weighted by Gasteiger charge is 2.31. The smallest absolute Gasteiger partial charge is 0.341 e. The van der Waals surface area contributed by atoms with Crippen LogP contribution < -0.4 is 0 Å². The van der Waals surface area contributed by atoms with Crippen LogP contribution in [0, 0.1) is 0 Å². The van der Waals surface area contributed by atoms with Gasteiger partial charge in [0.25, 0.3) is 0 Å². The minimum absolute atomic E-state index is 0.181. The maximum Gasteiger partial charge on any atom is 0.341 e. The zero-order valence-electron chi connectivity index (χ0n) is 10.7. The first kappa shape index (κ1) is 12.0. The van der Waals surface area contributed by atoms with Gasteiger partial charge >= 0.3 is 5.97 Å². The highest BCUT2D eigenvalue weighted by molar-refractivity contribution is 5.95. The van der Waals surface area contributed by atoms with E-state index < -0.39 is 5.97 Å². The molecule has 0 saturated heterocycles. The van der Waals surface area contributed by atoms with Gasteiger partial charge in [-0.25, -0.2) is 9.78 Å². The first-order valence-corrected chi connectivity index (χ1v) is 6.38. The molecule has 0 aromatic carbocycles. The summed E-state index contributed by atoms with van der Waals surface area (Å²) in [4.78, 5) is 15.5. The number of carbonyl (C=O) groups is 1. The Morgan fingerprint density at radius 1 is 1.47 bits per heavy atom. The summed E-state index contributed by atoms with van der Waals surface area (Å²) in [5.74, 6) is -0.291. The molecule has 100 valence electrons. The number of aromatic carboxylic acids is 1. The Labute approximate surface area is 110 Å². The van der Waals surface area contributed by atoms with Gasteiger partial charge < -0.3 is 14.2 Å². The number of hydrogen-bond acceptors (Lipinski definition) is 4. The molecule has 0 atom stereocenters. The molecule has 1 fully saturated rings. The Hall–Kier alpha value is -2.11. The molecule has 0 spiro atoms. The molecular formula is C13H15N3O3. The van der Waals surface area contributed by atoms with E-state index in [1.165, 1.54) is 0 Å². The van der Waals surface area contributed by atoms with Gasteiger partial charge in [-0.3, -0.25) is 0 Å². The molecule has 0 bridgehead atoms. The summed E-state index contributed by atoms with van der Waals surface area (Å²) in [6.45, 7) is 0. The van der Waals surface area contributed by atoms with E-state index in [0.717, 1.165) is 25.7 Å². The Bertz CT molecular complexity index is 608. The van der Waals surface area contributed by atoms with E-state index in [-0.39, 0.29) is 11.5 Å². The summed E-state index contributed by atoms with van der Waals surface area (Å²) in [5, 5.41) is 13.4. The summed E-state index contributed by atoms with van der Waals surface area (Å²) in [7, 11) is 1.80. The number of imidazole rings is 1. The molecule has 2 aromatic heterocycles. The van der Waals surface area contributed by atoms with E-state index in [0.29, 0.717) is 17.1 Å². The minimum atomic E-state index is -0.987. The zero-order chi connectivity index (χ0) is 13.4. The van der Waals surface area contributed by atoms with Crippen LogP contribution in [0.25, 0.3) is 11.4 Å². The zero-order valence-corrected chi connectivity index (χ0v) is 10.7. The van der Waals surface area contributed by atoms with E-state index in [1.807, 2.05) is 0 Å². The van der Waals surface area contributed by atoms with Crippen LogP contribution in [0.2, 0.25) is 0 Å². The molecule has 1 N–H and O–H groups in total. The highest BCUT2D eigenvalue weighted by Crippen LogP contribution is 2.38. The molecule has 6 nitrogen and oxygen atoms in total. The van der Waals surface area contributed by atoms with Gasteiger partial charge in [0.2, 0.25) is 0 Å². The van der Waals surface area contributed by atoms with E-state index in [1.54, 1.807) is 24.1 Å². The van der Waals surface area contributed by atoms with Crippen molar-refractivity contribution < 1.29 is 14.4 Å². The molecule has 0 amide bonds. The maximum atomic E-state index is 11.5. The van der Waals surface area contributed by atoms with Crippen molar-refractivity contribution in [3.05, 3.63) is 23.8 Å². The van der Waals surface area contributed by atoms with Crippen molar-refractivity contribution in [1.29, 1.82) is 0 Å². The molecule has 6 heteroatoms. The maximum absolute atomic E-state index is 11.5. The molecule has 1 saturated carbocycles. The van der Waals surface area contributed by atoms with Gasteiger partial charge in [0.05, 0.1) is 18.2 Å². The van der Waals surface area contributed by atoms with Gasteiger partial charge in [-0.05, 0) is 12.8 Å². The molecule has 0 unspecified atom stereocenters. The van der Waals surface area contributed by atoms with Crippen molar-refractivity contribution in [2.75, 3.05) is 0 Å². The van der Waals surface area contributed by atoms with Crippen molar-refractivity contribution >= 4 is 5.97 Å². The molecule has 1 aliphatic rings. The predicted octanol–water partition coefficient (Wildman–Crippen LogP) is 2.43. The van der Waals surface area contributed by atoms with Crippen LogP contribution in [-0.4, -0.2) is 25.8 Å². The predicted molar refractivity (Wildman–Crippen MR) is 66.9 cm³/mol. The first-order valence-electron chi connectivity index (χ1n) is 6.38. The molecular weight excluding hydrogens is 246 g/mol. The Morgan fingerprint density at radius 2 is 2.21 bits per heavy atom. The molecule has 0 aliphatic heterocycles. The number of nitrogens with zero attached hydrogens (tertiary/aromatic N) is 3. The van der Waals surface area contributed by atoms with Crippen LogP contribution in [0.5, 0.6) is 0 Å². The fraction of sp³-hybridized carbons (Fsp3) is 0.462. The van der Waals surface area contributed by atoms with Gasteiger partial charge in [-0.15, -0.1) is 0 Å². The van der Waals surface area contributed by atoms with E-state index in [9.17, 15) is 9.90 Å². The van der Waals surface area contributed by atoms with Gasteiger partial charge in [0, 0.05) is 13.0 Å². The molecule has 1 aliphatic carbocycles. The van der Waals surface area contributed by atoms with Crippen molar-refractivity contribution in [3.8, 4) is 11.4 Å². The second-order valence-electron chi connectivity index (χ2n) is 4.95. The summed E-state index contributed by atoms with van der Waals surface area (Å²) in [6.07, 6.45) is 7.39. The van der Waals surface area contributed by atoms with E-state index in [4.69, 9.17) is 4.52 Å². The third-order valence-corrected chi connectivity index (χ3v) is 3.72. The summed E-state index contributed by atoms with van der Waals surface area (Å²) < 4.78 is 7.09. The van der Waals surface area contributed by atoms with Crippen molar-refractivity contribution in [2.45, 2.75) is 31.6 Å². The van der Waals surface area contributed by atoms with Crippen LogP contribution in [0.4, 0.5) is 0 Å². The Morgan fingerprint density at radius 3 is 2.79 bits per heavy atom. The topological polar surface area (TPSA) is 81.2 Å². The van der Waals surface area contributed by atoms with E-state index in [2.05, 4.69) is 10.1 Å². The van der Waals surface area contributed by atoms with Gasteiger partial charge in [-0.1, -0.05) is 18.0 Å². The standard InChI is InChI=1S/C13H15N3O3/c1-16-7-14-6-9(16)11-10(13(17)18)12(19-15-11)8-4-2-3-5-8/h6-8H,2-5H2,1H3,(H,17,18). The van der Waals surface area contributed by atoms with Crippen LogP contribution in [0.3, 0.4) is 0 Å². The molecule has 19 heavy (non-hydrogen) atoms. The molecule has 0 radical (unpaired) electrons. The van der Waals surface area contributed by atoms with Crippen LogP contribution in [-0.2, 0) is 7.05 Å². The van der Waals surface area contributed by atoms with Crippen molar-refractivity contribution in [1.82, 2.24) is 14.7 Å². The number of aromatic nitrogens is 3. The molecule has 3 rings (SSSR count). The first-order chi connectivity index (χ1) is 9.18. The average Bonchev–Trinajstić information content (AvgIpc) is 3.06. The normalized spacial score (nSPS) is 16.1. The Kier molecular flexibility index (Phi) is 2.85. The van der Waals surface area contributed by atoms with Crippen molar-refractivity contribution in [2.24, 2.45) is 7.05 Å². The lowest BCUT2D eigenvalue weighted by Gasteiger charge is -2.05. The average molecular weight is 261 g/mol. The van der Waals surface area contributed by atoms with Crippen LogP contribution >= 0.6 is 0 Å². The lowest BCUT2D eigenvalue weighted by Crippen LogP contribution is -2.05. The second-order valence-corrected chi connectivity index (χ2v) is 4.95. The molecule has 2 heterocycles. The monoisotopic (exact) mass is 261 g/mol. The van der Waals surface area contributed by atoms with Gasteiger partial charge in [0.15, 0.2) is 5.76 Å². The Balaban J connectivity index is 2.11. The van der Waals surface area contributed by atoms with E-state index >= 15 is 0 Å². The SMILES string of the molecule is Cn1cncc1-c1noc(C2CCCC2)c1C(=O)O. The third-order valence-electron chi connectivity index (χ3n) is 3.72. The number of hydrogen-bond donors (Lipinski definition) is 1. The fourth-order valence-electron chi connectivity index (χ4n) is 2.74. The quantitative estimate of drug-likeness (QED) is 0.917. The lowest BCUT2D eigenvalue weighted by atomic mass is 9.99. The van der Waals surface area contributed by atoms with Gasteiger partial charge in [-0.2, -0.15) is 0 Å². The summed E-state index contributed by atoms with van der Waals surface area (Å²) >= 11 is 0. The number of rotatable bonds is 3. The van der Waals surface area contributed by atoms with Crippen molar-refractivity contribution in [3.63, 3.8) is 0 Å². The number of carboxylic acids is 1. The lowest BCUT2D eigenvalue weighted by molar-refractivity contribution is 0.0694. The second kappa shape index (κ2) is 4.53.